The molecule has 3 aromatic heterocycles. The lowest BCUT2D eigenvalue weighted by Gasteiger charge is -2.22. The molecule has 3 aromatic rings. The van der Waals surface area contributed by atoms with Crippen LogP contribution in [0.15, 0.2) is 24.7 Å². The van der Waals surface area contributed by atoms with E-state index in [2.05, 4.69) is 24.9 Å². The maximum atomic E-state index is 10.8. The SMILES string of the molecule is CS(=O)N1CCCCC1.Nc1ncc(-c2cnc3[nH]ccc3n2)c(N)n1. The summed E-state index contributed by atoms with van der Waals surface area (Å²) in [5, 5.41) is 0. The zero-order valence-electron chi connectivity index (χ0n) is 14.6. The highest BCUT2D eigenvalue weighted by Crippen LogP contribution is 2.22. The Bertz CT molecular complexity index is 906. The van der Waals surface area contributed by atoms with Crippen molar-refractivity contribution < 1.29 is 4.21 Å². The number of nitrogens with two attached hydrogens (primary N) is 2. The zero-order valence-corrected chi connectivity index (χ0v) is 15.4. The number of hydrogen-bond acceptors (Lipinski definition) is 7. The number of aromatic amines is 1. The lowest BCUT2D eigenvalue weighted by Crippen LogP contribution is -2.30. The average molecular weight is 374 g/mol. The first-order valence-electron chi connectivity index (χ1n) is 8.31. The molecule has 4 rings (SSSR count). The molecule has 1 aliphatic rings. The van der Waals surface area contributed by atoms with Crippen LogP contribution in [0.2, 0.25) is 0 Å². The van der Waals surface area contributed by atoms with Crippen LogP contribution in [-0.2, 0) is 11.0 Å². The Morgan fingerprint density at radius 1 is 1.12 bits per heavy atom. The number of piperidine rings is 1. The summed E-state index contributed by atoms with van der Waals surface area (Å²) >= 11 is 0. The van der Waals surface area contributed by atoms with E-state index in [0.717, 1.165) is 24.3 Å². The van der Waals surface area contributed by atoms with Gasteiger partial charge < -0.3 is 16.5 Å². The first kappa shape index (κ1) is 18.2. The smallest absolute Gasteiger partial charge is 0.221 e. The summed E-state index contributed by atoms with van der Waals surface area (Å²) in [7, 11) is -0.719. The van der Waals surface area contributed by atoms with Crippen molar-refractivity contribution in [2.75, 3.05) is 30.8 Å². The van der Waals surface area contributed by atoms with E-state index in [9.17, 15) is 4.21 Å². The summed E-state index contributed by atoms with van der Waals surface area (Å²) < 4.78 is 12.9. The molecule has 4 heterocycles. The number of nitrogens with zero attached hydrogens (tertiary/aromatic N) is 5. The summed E-state index contributed by atoms with van der Waals surface area (Å²) in [4.78, 5) is 19.4. The molecule has 26 heavy (non-hydrogen) atoms. The van der Waals surface area contributed by atoms with E-state index < -0.39 is 11.0 Å². The summed E-state index contributed by atoms with van der Waals surface area (Å²) in [6, 6.07) is 1.83. The molecule has 1 unspecified atom stereocenters. The molecule has 1 aliphatic heterocycles. The van der Waals surface area contributed by atoms with Crippen molar-refractivity contribution in [3.8, 4) is 11.3 Å². The Kier molecular flexibility index (Phi) is 5.74. The van der Waals surface area contributed by atoms with Crippen molar-refractivity contribution in [1.82, 2.24) is 29.2 Å². The Hall–Kier alpha value is -2.59. The number of nitrogens with one attached hydrogen (secondary N) is 1. The third kappa shape index (κ3) is 4.33. The Labute approximate surface area is 153 Å². The van der Waals surface area contributed by atoms with E-state index in [0.29, 0.717) is 17.1 Å². The van der Waals surface area contributed by atoms with Gasteiger partial charge in [-0.2, -0.15) is 4.98 Å². The van der Waals surface area contributed by atoms with Crippen LogP contribution in [0.5, 0.6) is 0 Å². The molecule has 10 heteroatoms. The van der Waals surface area contributed by atoms with Gasteiger partial charge in [-0.05, 0) is 18.9 Å². The number of rotatable bonds is 2. The molecule has 1 saturated heterocycles. The topological polar surface area (TPSA) is 140 Å². The van der Waals surface area contributed by atoms with Gasteiger partial charge in [0.05, 0.1) is 28.4 Å². The fourth-order valence-electron chi connectivity index (χ4n) is 2.69. The molecular weight excluding hydrogens is 352 g/mol. The van der Waals surface area contributed by atoms with Crippen molar-refractivity contribution in [2.45, 2.75) is 19.3 Å². The van der Waals surface area contributed by atoms with Crippen LogP contribution >= 0.6 is 0 Å². The van der Waals surface area contributed by atoms with Crippen molar-refractivity contribution >= 4 is 33.9 Å². The van der Waals surface area contributed by atoms with Gasteiger partial charge in [0.15, 0.2) is 5.65 Å². The monoisotopic (exact) mass is 374 g/mol. The van der Waals surface area contributed by atoms with E-state index in [1.165, 1.54) is 19.3 Å². The van der Waals surface area contributed by atoms with Gasteiger partial charge in [0, 0.05) is 31.7 Å². The van der Waals surface area contributed by atoms with Gasteiger partial charge in [-0.15, -0.1) is 0 Å². The Morgan fingerprint density at radius 3 is 2.54 bits per heavy atom. The molecule has 0 saturated carbocycles. The molecular formula is C16H22N8OS. The first-order valence-corrected chi connectivity index (χ1v) is 9.83. The maximum absolute atomic E-state index is 10.8. The number of H-pyrrole nitrogens is 1. The molecule has 138 valence electrons. The Balaban J connectivity index is 0.000000185. The highest BCUT2D eigenvalue weighted by molar-refractivity contribution is 7.81. The fourth-order valence-corrected chi connectivity index (χ4v) is 3.46. The molecule has 0 aliphatic carbocycles. The summed E-state index contributed by atoms with van der Waals surface area (Å²) in [5.74, 6) is 0.434. The van der Waals surface area contributed by atoms with E-state index >= 15 is 0 Å². The van der Waals surface area contributed by atoms with Crippen LogP contribution in [0.1, 0.15) is 19.3 Å². The maximum Gasteiger partial charge on any atom is 0.221 e. The molecule has 1 fully saturated rings. The van der Waals surface area contributed by atoms with Gasteiger partial charge in [-0.1, -0.05) is 6.42 Å². The van der Waals surface area contributed by atoms with Crippen LogP contribution in [0.25, 0.3) is 22.4 Å². The lowest BCUT2D eigenvalue weighted by atomic mass is 10.2. The van der Waals surface area contributed by atoms with Crippen LogP contribution in [0.4, 0.5) is 11.8 Å². The fraction of sp³-hybridized carbons (Fsp3) is 0.375. The van der Waals surface area contributed by atoms with Crippen molar-refractivity contribution in [1.29, 1.82) is 0 Å². The van der Waals surface area contributed by atoms with E-state index in [1.54, 1.807) is 24.8 Å². The van der Waals surface area contributed by atoms with Crippen LogP contribution in [0.3, 0.4) is 0 Å². The van der Waals surface area contributed by atoms with Gasteiger partial charge in [0.25, 0.3) is 0 Å². The highest BCUT2D eigenvalue weighted by atomic mass is 32.2. The third-order valence-corrected chi connectivity index (χ3v) is 5.14. The van der Waals surface area contributed by atoms with Gasteiger partial charge in [0.1, 0.15) is 11.3 Å². The quantitative estimate of drug-likeness (QED) is 0.615. The van der Waals surface area contributed by atoms with E-state index in [4.69, 9.17) is 11.5 Å². The summed E-state index contributed by atoms with van der Waals surface area (Å²) in [6.45, 7) is 2.06. The number of anilines is 2. The van der Waals surface area contributed by atoms with Crippen LogP contribution in [-0.4, -0.2) is 52.8 Å². The van der Waals surface area contributed by atoms with Crippen LogP contribution < -0.4 is 11.5 Å². The highest BCUT2D eigenvalue weighted by Gasteiger charge is 2.11. The van der Waals surface area contributed by atoms with Crippen molar-refractivity contribution in [2.24, 2.45) is 0 Å². The summed E-state index contributed by atoms with van der Waals surface area (Å²) in [5.41, 5.74) is 13.9. The lowest BCUT2D eigenvalue weighted by molar-refractivity contribution is 0.367. The first-order chi connectivity index (χ1) is 12.5. The van der Waals surface area contributed by atoms with Gasteiger partial charge in [-0.3, -0.25) is 0 Å². The Morgan fingerprint density at radius 2 is 1.88 bits per heavy atom. The van der Waals surface area contributed by atoms with Crippen molar-refractivity contribution in [3.05, 3.63) is 24.7 Å². The predicted octanol–water partition coefficient (Wildman–Crippen LogP) is 1.35. The van der Waals surface area contributed by atoms with Gasteiger partial charge in [0.2, 0.25) is 5.95 Å². The minimum Gasteiger partial charge on any atom is -0.383 e. The zero-order chi connectivity index (χ0) is 18.5. The predicted molar refractivity (Wildman–Crippen MR) is 103 cm³/mol. The summed E-state index contributed by atoms with van der Waals surface area (Å²) in [6.07, 6.45) is 10.4. The molecule has 0 spiro atoms. The molecule has 9 nitrogen and oxygen atoms in total. The number of hydrogen-bond donors (Lipinski definition) is 3. The molecule has 0 amide bonds. The molecule has 5 N–H and O–H groups in total. The minimum absolute atomic E-state index is 0.141. The standard InChI is InChI=1S/C10H9N7.C6H13NOS/c11-8-5(3-15-10(12)17-8)7-4-14-9-6(16-7)1-2-13-9;1-9(8)7-5-3-2-4-6-7/h1-4H,(H,13,14)(H4,11,12,15,17);2-6H2,1H3. The second-order valence-corrected chi connectivity index (χ2v) is 7.27. The number of fused-ring (bicyclic) bond motifs is 1. The van der Waals surface area contributed by atoms with Crippen molar-refractivity contribution in [3.63, 3.8) is 0 Å². The van der Waals surface area contributed by atoms with Gasteiger partial charge in [-0.25, -0.2) is 23.5 Å². The second-order valence-electron chi connectivity index (χ2n) is 5.91. The molecule has 0 radical (unpaired) electrons. The largest absolute Gasteiger partial charge is 0.383 e. The molecule has 0 bridgehead atoms. The second kappa shape index (κ2) is 8.19. The average Bonchev–Trinajstić information content (AvgIpc) is 3.11. The molecule has 0 aromatic carbocycles. The van der Waals surface area contributed by atoms with Gasteiger partial charge >= 0.3 is 0 Å². The van der Waals surface area contributed by atoms with E-state index in [-0.39, 0.29) is 5.95 Å². The number of nitrogen functional groups attached to an aromatic ring is 2. The number of aromatic nitrogens is 5. The van der Waals surface area contributed by atoms with E-state index in [1.807, 2.05) is 10.4 Å². The molecule has 1 atom stereocenters. The minimum atomic E-state index is -0.719. The van der Waals surface area contributed by atoms with Crippen LogP contribution in [0, 0.1) is 0 Å². The third-order valence-electron chi connectivity index (χ3n) is 4.05. The normalized spacial score (nSPS) is 16.0.